The average molecular weight is 183 g/mol. The van der Waals surface area contributed by atoms with Crippen LogP contribution in [0.4, 0.5) is 0 Å². The molecule has 1 aliphatic rings. The molecule has 0 aliphatic heterocycles. The number of aliphatic imine (C=N–C) groups is 1. The quantitative estimate of drug-likeness (QED) is 0.482. The van der Waals surface area contributed by atoms with Gasteiger partial charge in [-0.25, -0.2) is 4.99 Å². The second-order valence-corrected chi connectivity index (χ2v) is 3.78. The van der Waals surface area contributed by atoms with E-state index in [-0.39, 0.29) is 0 Å². The molecule has 1 saturated carbocycles. The summed E-state index contributed by atoms with van der Waals surface area (Å²) < 4.78 is 0. The summed E-state index contributed by atoms with van der Waals surface area (Å²) in [5, 5.41) is 2.52. The Morgan fingerprint density at radius 1 is 1.42 bits per heavy atom. The monoisotopic (exact) mass is 183 g/mol. The highest BCUT2D eigenvalue weighted by Gasteiger charge is 2.21. The smallest absolute Gasteiger partial charge is 0.0628 e. The van der Waals surface area contributed by atoms with E-state index in [1.807, 2.05) is 0 Å². The molecule has 0 heterocycles. The first kappa shape index (κ1) is 9.88. The molecule has 1 aliphatic carbocycles. The maximum Gasteiger partial charge on any atom is 0.0628 e. The van der Waals surface area contributed by atoms with Gasteiger partial charge in [0, 0.05) is 0 Å². The van der Waals surface area contributed by atoms with Crippen molar-refractivity contribution in [3.8, 4) is 0 Å². The molecule has 1 nitrogen and oxygen atoms in total. The summed E-state index contributed by atoms with van der Waals surface area (Å²) in [5.74, 6) is 0.791. The number of isothiocyanates is 1. The summed E-state index contributed by atoms with van der Waals surface area (Å²) in [7, 11) is 0. The maximum absolute atomic E-state index is 4.65. The van der Waals surface area contributed by atoms with E-state index in [4.69, 9.17) is 0 Å². The number of thiocarbonyl (C=S) groups is 1. The molecule has 0 aromatic carbocycles. The molecule has 12 heavy (non-hydrogen) atoms. The Morgan fingerprint density at radius 2 is 2.08 bits per heavy atom. The molecule has 0 amide bonds. The van der Waals surface area contributed by atoms with E-state index in [0.717, 1.165) is 12.3 Å². The lowest BCUT2D eigenvalue weighted by Gasteiger charge is -2.25. The van der Waals surface area contributed by atoms with E-state index in [9.17, 15) is 0 Å². The van der Waals surface area contributed by atoms with Crippen LogP contribution >= 0.6 is 12.2 Å². The van der Waals surface area contributed by atoms with Gasteiger partial charge in [-0.1, -0.05) is 26.2 Å². The molecule has 1 unspecified atom stereocenters. The first-order valence-corrected chi connectivity index (χ1v) is 5.36. The molecular weight excluding hydrogens is 166 g/mol. The Morgan fingerprint density at radius 3 is 2.58 bits per heavy atom. The van der Waals surface area contributed by atoms with Crippen LogP contribution in [-0.4, -0.2) is 11.2 Å². The third kappa shape index (κ3) is 2.69. The Bertz CT molecular complexity index is 167. The van der Waals surface area contributed by atoms with Crippen LogP contribution < -0.4 is 0 Å². The van der Waals surface area contributed by atoms with Crippen LogP contribution in [0, 0.1) is 5.92 Å². The zero-order valence-electron chi connectivity index (χ0n) is 7.75. The summed E-state index contributed by atoms with van der Waals surface area (Å²) in [6.45, 7) is 2.19. The minimum atomic E-state index is 0.461. The first-order valence-electron chi connectivity index (χ1n) is 4.95. The lowest BCUT2D eigenvalue weighted by molar-refractivity contribution is 0.302. The van der Waals surface area contributed by atoms with Gasteiger partial charge in [0.25, 0.3) is 0 Å². The van der Waals surface area contributed by atoms with Crippen LogP contribution in [0.2, 0.25) is 0 Å². The summed E-state index contributed by atoms with van der Waals surface area (Å²) in [5.41, 5.74) is 0. The highest BCUT2D eigenvalue weighted by molar-refractivity contribution is 7.78. The number of nitrogens with zero attached hydrogens (tertiary/aromatic N) is 1. The summed E-state index contributed by atoms with van der Waals surface area (Å²) in [6.07, 6.45) is 7.99. The average Bonchev–Trinajstić information content (AvgIpc) is 2.15. The van der Waals surface area contributed by atoms with Gasteiger partial charge in [0.2, 0.25) is 0 Å². The SMILES string of the molecule is CCC(N=C=S)C1CCCCC1. The Labute approximate surface area is 80.3 Å². The van der Waals surface area contributed by atoms with Gasteiger partial charge in [-0.05, 0) is 37.4 Å². The minimum absolute atomic E-state index is 0.461. The lowest BCUT2D eigenvalue weighted by atomic mass is 9.83. The van der Waals surface area contributed by atoms with Crippen molar-refractivity contribution in [1.82, 2.24) is 0 Å². The molecule has 0 radical (unpaired) electrons. The fraction of sp³-hybridized carbons (Fsp3) is 0.900. The van der Waals surface area contributed by atoms with Crippen LogP contribution in [0.25, 0.3) is 0 Å². The van der Waals surface area contributed by atoms with Gasteiger partial charge >= 0.3 is 0 Å². The largest absolute Gasteiger partial charge is 0.229 e. The van der Waals surface area contributed by atoms with Crippen LogP contribution in [0.3, 0.4) is 0 Å². The van der Waals surface area contributed by atoms with E-state index in [0.29, 0.717) is 6.04 Å². The molecule has 0 saturated heterocycles. The van der Waals surface area contributed by atoms with Gasteiger partial charge in [0.1, 0.15) is 0 Å². The van der Waals surface area contributed by atoms with Crippen molar-refractivity contribution in [2.75, 3.05) is 0 Å². The Balaban J connectivity index is 2.45. The molecule has 1 atom stereocenters. The fourth-order valence-electron chi connectivity index (χ4n) is 2.12. The number of hydrogen-bond acceptors (Lipinski definition) is 2. The zero-order chi connectivity index (χ0) is 8.81. The molecule has 68 valence electrons. The van der Waals surface area contributed by atoms with Crippen LogP contribution in [0.5, 0.6) is 0 Å². The van der Waals surface area contributed by atoms with Gasteiger partial charge in [-0.3, -0.25) is 0 Å². The van der Waals surface area contributed by atoms with E-state index in [2.05, 4.69) is 29.3 Å². The Hall–Kier alpha value is -0.200. The molecule has 0 aromatic heterocycles. The third-order valence-corrected chi connectivity index (χ3v) is 2.94. The van der Waals surface area contributed by atoms with E-state index in [1.165, 1.54) is 32.1 Å². The third-order valence-electron chi connectivity index (χ3n) is 2.83. The fourth-order valence-corrected chi connectivity index (χ4v) is 2.25. The van der Waals surface area contributed by atoms with Crippen molar-refractivity contribution in [1.29, 1.82) is 0 Å². The van der Waals surface area contributed by atoms with Crippen molar-refractivity contribution in [3.05, 3.63) is 0 Å². The predicted molar refractivity (Wildman–Crippen MR) is 55.7 cm³/mol. The van der Waals surface area contributed by atoms with Crippen LogP contribution in [0.1, 0.15) is 45.4 Å². The van der Waals surface area contributed by atoms with Crippen molar-refractivity contribution in [3.63, 3.8) is 0 Å². The zero-order valence-corrected chi connectivity index (χ0v) is 8.57. The highest BCUT2D eigenvalue weighted by atomic mass is 32.1. The Kier molecular flexibility index (Phi) is 4.49. The van der Waals surface area contributed by atoms with Gasteiger partial charge in [-0.15, -0.1) is 0 Å². The highest BCUT2D eigenvalue weighted by Crippen LogP contribution is 2.29. The molecule has 2 heteroatoms. The second-order valence-electron chi connectivity index (χ2n) is 3.59. The van der Waals surface area contributed by atoms with Gasteiger partial charge in [0.15, 0.2) is 0 Å². The molecule has 0 bridgehead atoms. The maximum atomic E-state index is 4.65. The lowest BCUT2D eigenvalue weighted by Crippen LogP contribution is -2.20. The van der Waals surface area contributed by atoms with Crippen molar-refractivity contribution in [2.24, 2.45) is 10.9 Å². The number of hydrogen-bond donors (Lipinski definition) is 0. The van der Waals surface area contributed by atoms with Crippen molar-refractivity contribution in [2.45, 2.75) is 51.5 Å². The van der Waals surface area contributed by atoms with Crippen molar-refractivity contribution >= 4 is 17.4 Å². The second kappa shape index (κ2) is 5.45. The van der Waals surface area contributed by atoms with Gasteiger partial charge < -0.3 is 0 Å². The minimum Gasteiger partial charge on any atom is -0.229 e. The van der Waals surface area contributed by atoms with E-state index in [1.54, 1.807) is 0 Å². The van der Waals surface area contributed by atoms with Crippen LogP contribution in [0.15, 0.2) is 4.99 Å². The number of rotatable bonds is 3. The van der Waals surface area contributed by atoms with Crippen molar-refractivity contribution < 1.29 is 0 Å². The first-order chi connectivity index (χ1) is 5.88. The molecule has 0 spiro atoms. The van der Waals surface area contributed by atoms with E-state index < -0.39 is 0 Å². The normalized spacial score (nSPS) is 21.4. The molecule has 1 rings (SSSR count). The molecule has 0 aromatic rings. The summed E-state index contributed by atoms with van der Waals surface area (Å²) in [4.78, 5) is 4.23. The molecule has 0 N–H and O–H groups in total. The summed E-state index contributed by atoms with van der Waals surface area (Å²) >= 11 is 4.65. The summed E-state index contributed by atoms with van der Waals surface area (Å²) in [6, 6.07) is 0.461. The molecule has 1 fully saturated rings. The van der Waals surface area contributed by atoms with Gasteiger partial charge in [0.05, 0.1) is 11.2 Å². The predicted octanol–water partition coefficient (Wildman–Crippen LogP) is 3.45. The standard InChI is InChI=1S/C10H17NS/c1-2-10(11-8-12)9-6-4-3-5-7-9/h9-10H,2-7H2,1H3. The topological polar surface area (TPSA) is 12.4 Å². The molecular formula is C10H17NS. The van der Waals surface area contributed by atoms with E-state index >= 15 is 0 Å². The van der Waals surface area contributed by atoms with Gasteiger partial charge in [-0.2, -0.15) is 0 Å². The van der Waals surface area contributed by atoms with Crippen LogP contribution in [-0.2, 0) is 0 Å².